The fourth-order valence-electron chi connectivity index (χ4n) is 2.94. The van der Waals surface area contributed by atoms with Crippen LogP contribution in [0.3, 0.4) is 0 Å². The monoisotopic (exact) mass is 414 g/mol. The van der Waals surface area contributed by atoms with E-state index in [2.05, 4.69) is 20.3 Å². The number of carboxylic acid groups (broad SMARTS) is 2. The van der Waals surface area contributed by atoms with Gasteiger partial charge in [-0.15, -0.1) is 0 Å². The summed E-state index contributed by atoms with van der Waals surface area (Å²) in [7, 11) is 0. The van der Waals surface area contributed by atoms with Crippen molar-refractivity contribution in [1.82, 2.24) is 25.7 Å². The van der Waals surface area contributed by atoms with Crippen molar-refractivity contribution in [3.8, 4) is 0 Å². The third-order valence-electron chi connectivity index (χ3n) is 4.60. The first kappa shape index (κ1) is 22.4. The molecule has 0 amide bonds. The maximum absolute atomic E-state index is 11.4. The van der Waals surface area contributed by atoms with Gasteiger partial charge < -0.3 is 41.7 Å². The average Bonchev–Trinajstić information content (AvgIpc) is 3.21. The van der Waals surface area contributed by atoms with Crippen LogP contribution in [0.4, 0.5) is 5.82 Å². The molecular formula is C15H22N6O8. The van der Waals surface area contributed by atoms with E-state index >= 15 is 0 Å². The zero-order chi connectivity index (χ0) is 20.6. The summed E-state index contributed by atoms with van der Waals surface area (Å²) in [5.41, 5.74) is 0.267. The number of rotatable bonds is 7. The molecule has 6 unspecified atom stereocenters. The fourth-order valence-corrected chi connectivity index (χ4v) is 2.94. The molecule has 0 bridgehead atoms. The Labute approximate surface area is 163 Å². The lowest BCUT2D eigenvalue weighted by atomic mass is 10.0. The average molecular weight is 414 g/mol. The Balaban J connectivity index is 0.00000300. The molecule has 6 atom stereocenters. The number of fused-ring (bicyclic) bond motifs is 1. The van der Waals surface area contributed by atoms with Gasteiger partial charge in [0.05, 0.1) is 18.9 Å². The molecule has 2 aromatic rings. The number of aliphatic carboxylic acids is 2. The molecule has 160 valence electrons. The number of nitrogens with one attached hydrogen (secondary N) is 1. The molecule has 1 saturated heterocycles. The summed E-state index contributed by atoms with van der Waals surface area (Å²) < 4.78 is 6.74. The highest BCUT2D eigenvalue weighted by Gasteiger charge is 2.44. The van der Waals surface area contributed by atoms with E-state index < -0.39 is 55.0 Å². The summed E-state index contributed by atoms with van der Waals surface area (Å²) >= 11 is 0. The summed E-state index contributed by atoms with van der Waals surface area (Å²) in [5.74, 6) is -3.96. The van der Waals surface area contributed by atoms with E-state index in [0.717, 1.165) is 6.33 Å². The molecule has 1 aliphatic heterocycles. The molecule has 14 heteroatoms. The molecule has 0 radical (unpaired) electrons. The van der Waals surface area contributed by atoms with Gasteiger partial charge in [0.15, 0.2) is 23.2 Å². The van der Waals surface area contributed by atoms with Crippen molar-refractivity contribution in [3.63, 3.8) is 0 Å². The number of hydrogen-bond donors (Lipinski definition) is 7. The van der Waals surface area contributed by atoms with Crippen LogP contribution in [-0.2, 0) is 14.3 Å². The molecule has 14 nitrogen and oxygen atoms in total. The van der Waals surface area contributed by atoms with E-state index in [1.807, 2.05) is 0 Å². The molecule has 0 saturated carbocycles. The number of nitrogens with zero attached hydrogens (tertiary/aromatic N) is 4. The molecule has 1 aliphatic rings. The van der Waals surface area contributed by atoms with Crippen molar-refractivity contribution in [1.29, 1.82) is 0 Å². The van der Waals surface area contributed by atoms with E-state index in [9.17, 15) is 30.0 Å². The van der Waals surface area contributed by atoms with Crippen molar-refractivity contribution in [2.24, 2.45) is 5.92 Å². The van der Waals surface area contributed by atoms with Crippen LogP contribution in [0.25, 0.3) is 11.2 Å². The van der Waals surface area contributed by atoms with Gasteiger partial charge in [-0.1, -0.05) is 0 Å². The number of ether oxygens (including phenoxy) is 1. The van der Waals surface area contributed by atoms with Gasteiger partial charge in [0, 0.05) is 0 Å². The number of imidazole rings is 1. The lowest BCUT2D eigenvalue weighted by Gasteiger charge is -2.19. The molecule has 0 spiro atoms. The third-order valence-corrected chi connectivity index (χ3v) is 4.60. The summed E-state index contributed by atoms with van der Waals surface area (Å²) in [4.78, 5) is 34.7. The molecule has 3 heterocycles. The van der Waals surface area contributed by atoms with Crippen LogP contribution in [0.15, 0.2) is 12.7 Å². The maximum atomic E-state index is 11.4. The predicted octanol–water partition coefficient (Wildman–Crippen LogP) is -1.81. The Hall–Kier alpha value is -2.91. The zero-order valence-corrected chi connectivity index (χ0v) is 15.3. The summed E-state index contributed by atoms with van der Waals surface area (Å²) in [5, 5.41) is 50.3. The SMILES string of the molecule is CC(C(=O)O)C(Nc1ncnc2c1ncn2C1OC(CO)C(O)C1O)C(=O)O.N. The standard InChI is InChI=1S/C15H19N5O8.H3N/c1-5(14(24)25)7(15(26)27)19-11-8-12(17-3-16-11)20(4-18-8)13-10(23)9(22)6(2-21)28-13;/h3-7,9-10,13,21-23H,2H2,1H3,(H,24,25)(H,26,27)(H,16,17,19);1H3. The number of anilines is 1. The Bertz CT molecular complexity index is 891. The lowest BCUT2D eigenvalue weighted by molar-refractivity contribution is -0.148. The minimum atomic E-state index is -1.48. The number of aliphatic hydroxyl groups excluding tert-OH is 3. The van der Waals surface area contributed by atoms with Crippen molar-refractivity contribution in [2.45, 2.75) is 37.5 Å². The molecule has 0 aromatic carbocycles. The topological polar surface area (TPSA) is 235 Å². The van der Waals surface area contributed by atoms with Gasteiger partial charge in [0.25, 0.3) is 0 Å². The van der Waals surface area contributed by atoms with Crippen molar-refractivity contribution >= 4 is 28.9 Å². The number of carboxylic acids is 2. The highest BCUT2D eigenvalue weighted by molar-refractivity contribution is 5.89. The van der Waals surface area contributed by atoms with Gasteiger partial charge >= 0.3 is 11.9 Å². The van der Waals surface area contributed by atoms with Gasteiger partial charge in [0.1, 0.15) is 30.7 Å². The molecule has 2 aromatic heterocycles. The molecular weight excluding hydrogens is 392 g/mol. The normalized spacial score (nSPS) is 25.9. The molecule has 3 rings (SSSR count). The van der Waals surface area contributed by atoms with E-state index in [-0.39, 0.29) is 23.1 Å². The highest BCUT2D eigenvalue weighted by Crippen LogP contribution is 2.32. The summed E-state index contributed by atoms with van der Waals surface area (Å²) in [6.07, 6.45) is -2.41. The van der Waals surface area contributed by atoms with Crippen LogP contribution in [0.1, 0.15) is 13.2 Å². The maximum Gasteiger partial charge on any atom is 0.327 e. The van der Waals surface area contributed by atoms with Crippen LogP contribution in [0, 0.1) is 5.92 Å². The first-order valence-corrected chi connectivity index (χ1v) is 8.28. The molecule has 1 fully saturated rings. The minimum Gasteiger partial charge on any atom is -0.481 e. The lowest BCUT2D eigenvalue weighted by Crippen LogP contribution is -2.39. The van der Waals surface area contributed by atoms with Crippen molar-refractivity contribution < 1.29 is 39.9 Å². The van der Waals surface area contributed by atoms with Crippen LogP contribution >= 0.6 is 0 Å². The minimum absolute atomic E-state index is 0. The Morgan fingerprint density at radius 3 is 2.45 bits per heavy atom. The second kappa shape index (κ2) is 8.62. The Morgan fingerprint density at radius 1 is 1.21 bits per heavy atom. The van der Waals surface area contributed by atoms with E-state index in [0.29, 0.717) is 0 Å². The first-order valence-electron chi connectivity index (χ1n) is 8.28. The van der Waals surface area contributed by atoms with Crippen molar-refractivity contribution in [2.75, 3.05) is 11.9 Å². The molecule has 0 aliphatic carbocycles. The molecule has 9 N–H and O–H groups in total. The smallest absolute Gasteiger partial charge is 0.327 e. The van der Waals surface area contributed by atoms with Gasteiger partial charge in [-0.25, -0.2) is 19.7 Å². The predicted molar refractivity (Wildman–Crippen MR) is 95.2 cm³/mol. The Kier molecular flexibility index (Phi) is 6.66. The van der Waals surface area contributed by atoms with E-state index in [1.54, 1.807) is 0 Å². The summed E-state index contributed by atoms with van der Waals surface area (Å²) in [6.45, 7) is 0.737. The van der Waals surface area contributed by atoms with Crippen LogP contribution < -0.4 is 11.5 Å². The molecule has 29 heavy (non-hydrogen) atoms. The van der Waals surface area contributed by atoms with Gasteiger partial charge in [-0.3, -0.25) is 9.36 Å². The number of aliphatic hydroxyl groups is 3. The van der Waals surface area contributed by atoms with Gasteiger partial charge in [-0.2, -0.15) is 0 Å². The first-order chi connectivity index (χ1) is 13.3. The van der Waals surface area contributed by atoms with E-state index in [4.69, 9.17) is 9.84 Å². The second-order valence-electron chi connectivity index (χ2n) is 6.36. The van der Waals surface area contributed by atoms with Crippen molar-refractivity contribution in [3.05, 3.63) is 12.7 Å². The highest BCUT2D eigenvalue weighted by atomic mass is 16.6. The van der Waals surface area contributed by atoms with Gasteiger partial charge in [0.2, 0.25) is 0 Å². The number of aromatic nitrogens is 4. The number of carbonyl (C=O) groups is 2. The van der Waals surface area contributed by atoms with Crippen LogP contribution in [0.2, 0.25) is 0 Å². The summed E-state index contributed by atoms with van der Waals surface area (Å²) in [6, 6.07) is -1.48. The zero-order valence-electron chi connectivity index (χ0n) is 15.3. The largest absolute Gasteiger partial charge is 0.481 e. The second-order valence-corrected chi connectivity index (χ2v) is 6.36. The fraction of sp³-hybridized carbons (Fsp3) is 0.533. The quantitative estimate of drug-likeness (QED) is 0.265. The van der Waals surface area contributed by atoms with Crippen LogP contribution in [-0.4, -0.2) is 88.0 Å². The van der Waals surface area contributed by atoms with Gasteiger partial charge in [-0.05, 0) is 6.92 Å². The van der Waals surface area contributed by atoms with Crippen LogP contribution in [0.5, 0.6) is 0 Å². The Morgan fingerprint density at radius 2 is 1.90 bits per heavy atom. The van der Waals surface area contributed by atoms with E-state index in [1.165, 1.54) is 17.8 Å². The third kappa shape index (κ3) is 3.96. The number of hydrogen-bond acceptors (Lipinski definition) is 11.